The van der Waals surface area contributed by atoms with Crippen molar-refractivity contribution in [1.82, 2.24) is 9.55 Å². The molecular weight excluding hydrogens is 420 g/mol. The number of aryl methyl sites for hydroxylation is 1. The number of hydrogen-bond acceptors (Lipinski definition) is 1. The van der Waals surface area contributed by atoms with Crippen molar-refractivity contribution in [2.45, 2.75) is 6.92 Å². The van der Waals surface area contributed by atoms with Crippen molar-refractivity contribution >= 4 is 60.0 Å². The Morgan fingerprint density at radius 1 is 1.19 bits per heavy atom. The average molecular weight is 427 g/mol. The highest BCUT2D eigenvalue weighted by Crippen LogP contribution is 2.33. The number of benzene rings is 1. The third-order valence-electron chi connectivity index (χ3n) is 2.07. The Kier molecular flexibility index (Phi) is 3.73. The highest BCUT2D eigenvalue weighted by Gasteiger charge is 2.10. The topological polar surface area (TPSA) is 20.7 Å². The zero-order chi connectivity index (χ0) is 11.9. The van der Waals surface area contributed by atoms with Crippen LogP contribution in [0.15, 0.2) is 31.7 Å². The fourth-order valence-electron chi connectivity index (χ4n) is 1.44. The van der Waals surface area contributed by atoms with E-state index >= 15 is 0 Å². The molecule has 1 heterocycles. The molecular formula is C10H7Br3N2S. The van der Waals surface area contributed by atoms with Gasteiger partial charge in [0.05, 0.1) is 5.69 Å². The Bertz CT molecular complexity index is 577. The quantitative estimate of drug-likeness (QED) is 0.627. The Morgan fingerprint density at radius 3 is 2.19 bits per heavy atom. The SMILES string of the molecule is Cc1cn(-c2c(Br)cc(Br)cc2Br)c(=S)[nH]1. The first kappa shape index (κ1) is 12.5. The van der Waals surface area contributed by atoms with Gasteiger partial charge in [-0.3, -0.25) is 4.57 Å². The van der Waals surface area contributed by atoms with Crippen LogP contribution >= 0.6 is 60.0 Å². The first-order chi connectivity index (χ1) is 7.49. The molecule has 2 aromatic rings. The summed E-state index contributed by atoms with van der Waals surface area (Å²) in [7, 11) is 0. The van der Waals surface area contributed by atoms with Crippen LogP contribution < -0.4 is 0 Å². The van der Waals surface area contributed by atoms with Crippen molar-refractivity contribution in [3.8, 4) is 5.69 Å². The normalized spacial score (nSPS) is 10.8. The van der Waals surface area contributed by atoms with Gasteiger partial charge in [0.1, 0.15) is 0 Å². The van der Waals surface area contributed by atoms with Crippen LogP contribution in [0.5, 0.6) is 0 Å². The van der Waals surface area contributed by atoms with Crippen molar-refractivity contribution in [3.05, 3.63) is 42.2 Å². The number of halogens is 3. The largest absolute Gasteiger partial charge is 0.335 e. The smallest absolute Gasteiger partial charge is 0.182 e. The highest BCUT2D eigenvalue weighted by molar-refractivity contribution is 9.11. The Labute approximate surface area is 123 Å². The van der Waals surface area contributed by atoms with Gasteiger partial charge < -0.3 is 4.98 Å². The molecule has 1 aromatic carbocycles. The summed E-state index contributed by atoms with van der Waals surface area (Å²) in [4.78, 5) is 3.10. The van der Waals surface area contributed by atoms with Crippen LogP contribution in [0.4, 0.5) is 0 Å². The lowest BCUT2D eigenvalue weighted by Crippen LogP contribution is -1.95. The molecule has 84 valence electrons. The van der Waals surface area contributed by atoms with Gasteiger partial charge in [0.15, 0.2) is 4.77 Å². The van der Waals surface area contributed by atoms with Crippen LogP contribution in [0.3, 0.4) is 0 Å². The van der Waals surface area contributed by atoms with E-state index in [0.717, 1.165) is 24.8 Å². The number of H-pyrrole nitrogens is 1. The van der Waals surface area contributed by atoms with Gasteiger partial charge in [-0.15, -0.1) is 0 Å². The summed E-state index contributed by atoms with van der Waals surface area (Å²) in [6.07, 6.45) is 1.97. The van der Waals surface area contributed by atoms with E-state index in [4.69, 9.17) is 12.2 Å². The molecule has 0 aliphatic rings. The van der Waals surface area contributed by atoms with Crippen LogP contribution in [-0.4, -0.2) is 9.55 Å². The van der Waals surface area contributed by atoms with Crippen molar-refractivity contribution < 1.29 is 0 Å². The molecule has 1 N–H and O–H groups in total. The lowest BCUT2D eigenvalue weighted by atomic mass is 10.3. The third-order valence-corrected chi connectivity index (χ3v) is 4.03. The number of imidazole rings is 1. The number of aromatic amines is 1. The summed E-state index contributed by atoms with van der Waals surface area (Å²) >= 11 is 15.8. The summed E-state index contributed by atoms with van der Waals surface area (Å²) in [5.41, 5.74) is 2.03. The van der Waals surface area contributed by atoms with Gasteiger partial charge in [0, 0.05) is 25.3 Å². The van der Waals surface area contributed by atoms with E-state index in [9.17, 15) is 0 Å². The number of nitrogens with one attached hydrogen (secondary N) is 1. The van der Waals surface area contributed by atoms with Gasteiger partial charge >= 0.3 is 0 Å². The monoisotopic (exact) mass is 424 g/mol. The van der Waals surface area contributed by atoms with Crippen molar-refractivity contribution in [2.75, 3.05) is 0 Å². The molecule has 1 aromatic heterocycles. The molecule has 0 radical (unpaired) electrons. The van der Waals surface area contributed by atoms with Gasteiger partial charge in [-0.2, -0.15) is 0 Å². The minimum absolute atomic E-state index is 0.682. The fraction of sp³-hybridized carbons (Fsp3) is 0.100. The molecule has 0 unspecified atom stereocenters. The minimum atomic E-state index is 0.682. The standard InChI is InChI=1S/C10H7Br3N2S/c1-5-4-15(10(16)14-5)9-7(12)2-6(11)3-8(9)13/h2-4H,1H3,(H,14,16). The van der Waals surface area contributed by atoms with E-state index in [1.54, 1.807) is 0 Å². The van der Waals surface area contributed by atoms with Gasteiger partial charge in [-0.05, 0) is 63.1 Å². The maximum Gasteiger partial charge on any atom is 0.182 e. The molecule has 0 spiro atoms. The molecule has 0 aliphatic heterocycles. The van der Waals surface area contributed by atoms with Crippen LogP contribution in [-0.2, 0) is 0 Å². The van der Waals surface area contributed by atoms with E-state index in [0.29, 0.717) is 4.77 Å². The second-order valence-corrected chi connectivity index (χ2v) is 6.34. The molecule has 0 aliphatic carbocycles. The van der Waals surface area contributed by atoms with Crippen molar-refractivity contribution in [3.63, 3.8) is 0 Å². The first-order valence-electron chi connectivity index (χ1n) is 4.42. The second-order valence-electron chi connectivity index (χ2n) is 3.33. The molecule has 2 nitrogen and oxygen atoms in total. The molecule has 0 fully saturated rings. The average Bonchev–Trinajstić information content (AvgIpc) is 2.43. The van der Waals surface area contributed by atoms with Crippen LogP contribution in [0.25, 0.3) is 5.69 Å². The van der Waals surface area contributed by atoms with Crippen LogP contribution in [0, 0.1) is 11.7 Å². The molecule has 0 saturated heterocycles. The van der Waals surface area contributed by atoms with E-state index in [1.807, 2.05) is 29.8 Å². The summed E-state index contributed by atoms with van der Waals surface area (Å²) in [5.74, 6) is 0. The highest BCUT2D eigenvalue weighted by atomic mass is 79.9. The van der Waals surface area contributed by atoms with Gasteiger partial charge in [-0.1, -0.05) is 15.9 Å². The molecule has 0 amide bonds. The van der Waals surface area contributed by atoms with E-state index in [1.165, 1.54) is 0 Å². The molecule has 2 rings (SSSR count). The lowest BCUT2D eigenvalue weighted by Gasteiger charge is -2.08. The zero-order valence-corrected chi connectivity index (χ0v) is 13.8. The zero-order valence-electron chi connectivity index (χ0n) is 8.22. The second kappa shape index (κ2) is 4.76. The molecule has 0 atom stereocenters. The summed E-state index contributed by atoms with van der Waals surface area (Å²) in [5, 5.41) is 0. The summed E-state index contributed by atoms with van der Waals surface area (Å²) in [6.45, 7) is 1.98. The minimum Gasteiger partial charge on any atom is -0.335 e. The number of rotatable bonds is 1. The van der Waals surface area contributed by atoms with E-state index < -0.39 is 0 Å². The van der Waals surface area contributed by atoms with E-state index in [-0.39, 0.29) is 0 Å². The third kappa shape index (κ3) is 2.34. The first-order valence-corrected chi connectivity index (χ1v) is 7.21. The van der Waals surface area contributed by atoms with Gasteiger partial charge in [-0.25, -0.2) is 0 Å². The number of aromatic nitrogens is 2. The van der Waals surface area contributed by atoms with Crippen molar-refractivity contribution in [1.29, 1.82) is 0 Å². The van der Waals surface area contributed by atoms with E-state index in [2.05, 4.69) is 52.8 Å². The predicted octanol–water partition coefficient (Wildman–Crippen LogP) is 5.13. The molecule has 6 heteroatoms. The van der Waals surface area contributed by atoms with Crippen LogP contribution in [0.2, 0.25) is 0 Å². The Balaban J connectivity index is 2.74. The lowest BCUT2D eigenvalue weighted by molar-refractivity contribution is 1.02. The fourth-order valence-corrected chi connectivity index (χ4v) is 4.39. The summed E-state index contributed by atoms with van der Waals surface area (Å²) < 4.78 is 5.58. The molecule has 0 saturated carbocycles. The molecule has 16 heavy (non-hydrogen) atoms. The van der Waals surface area contributed by atoms with Gasteiger partial charge in [0.25, 0.3) is 0 Å². The Morgan fingerprint density at radius 2 is 1.75 bits per heavy atom. The maximum absolute atomic E-state index is 5.26. The number of nitrogens with zero attached hydrogens (tertiary/aromatic N) is 1. The predicted molar refractivity (Wildman–Crippen MR) is 78.8 cm³/mol. The van der Waals surface area contributed by atoms with Gasteiger partial charge in [0.2, 0.25) is 0 Å². The van der Waals surface area contributed by atoms with Crippen LogP contribution in [0.1, 0.15) is 5.69 Å². The summed E-state index contributed by atoms with van der Waals surface area (Å²) in [6, 6.07) is 3.98. The maximum atomic E-state index is 5.26. The molecule has 0 bridgehead atoms. The number of hydrogen-bond donors (Lipinski definition) is 1. The van der Waals surface area contributed by atoms with Crippen molar-refractivity contribution in [2.24, 2.45) is 0 Å². The Hall–Kier alpha value is 0.0900.